The maximum atomic E-state index is 12.6. The third-order valence-electron chi connectivity index (χ3n) is 9.44. The lowest BCUT2D eigenvalue weighted by Gasteiger charge is -2.20. The highest BCUT2D eigenvalue weighted by Crippen LogP contribution is 2.43. The highest BCUT2D eigenvalue weighted by molar-refractivity contribution is 7.47. The highest BCUT2D eigenvalue weighted by atomic mass is 31.2. The fraction of sp³-hybridized carbons (Fsp3) is 0.881. The summed E-state index contributed by atoms with van der Waals surface area (Å²) in [4.78, 5) is 45.9. The number of phosphoric ester groups is 1. The Morgan fingerprint density at radius 2 is 1.04 bits per heavy atom. The van der Waals surface area contributed by atoms with Gasteiger partial charge in [0.15, 0.2) is 6.10 Å². The predicted octanol–water partition coefficient (Wildman–Crippen LogP) is 11.1. The Balaban J connectivity index is 4.36. The molecule has 0 bridgehead atoms. The molecule has 0 saturated carbocycles. The minimum absolute atomic E-state index is 0.155. The molecule has 0 aliphatic rings. The van der Waals surface area contributed by atoms with Crippen LogP contribution in [0.5, 0.6) is 0 Å². The molecule has 0 aliphatic heterocycles. The Morgan fingerprint density at radius 3 is 1.52 bits per heavy atom. The third-order valence-corrected chi connectivity index (χ3v) is 10.4. The Morgan fingerprint density at radius 1 is 0.611 bits per heavy atom. The van der Waals surface area contributed by atoms with E-state index in [1.165, 1.54) is 96.3 Å². The van der Waals surface area contributed by atoms with E-state index in [2.05, 4.69) is 37.4 Å². The van der Waals surface area contributed by atoms with E-state index < -0.39 is 51.1 Å². The number of nitrogens with two attached hydrogens (primary N) is 1. The first-order valence-corrected chi connectivity index (χ1v) is 23.1. The molecule has 0 aromatic carbocycles. The molecule has 0 fully saturated rings. The average Bonchev–Trinajstić information content (AvgIpc) is 3.13. The Hall–Kier alpha value is -1.78. The molecule has 1 unspecified atom stereocenters. The van der Waals surface area contributed by atoms with Crippen LogP contribution >= 0.6 is 7.82 Å². The number of carbonyl (C=O) groups excluding carboxylic acids is 2. The number of carboxylic acid groups (broad SMARTS) is 1. The van der Waals surface area contributed by atoms with E-state index in [-0.39, 0.29) is 19.4 Å². The van der Waals surface area contributed by atoms with Gasteiger partial charge in [-0.3, -0.25) is 23.4 Å². The number of phosphoric acid groups is 1. The molecule has 11 nitrogen and oxygen atoms in total. The van der Waals surface area contributed by atoms with Crippen molar-refractivity contribution in [1.82, 2.24) is 0 Å². The second-order valence-corrected chi connectivity index (χ2v) is 16.8. The van der Waals surface area contributed by atoms with Crippen LogP contribution in [0.25, 0.3) is 0 Å². The van der Waals surface area contributed by atoms with Crippen LogP contribution in [-0.2, 0) is 37.5 Å². The molecule has 318 valence electrons. The van der Waals surface area contributed by atoms with E-state index >= 15 is 0 Å². The second-order valence-electron chi connectivity index (χ2n) is 15.3. The summed E-state index contributed by atoms with van der Waals surface area (Å²) in [6.07, 6.45) is 34.2. The van der Waals surface area contributed by atoms with Crippen LogP contribution in [0.2, 0.25) is 0 Å². The molecule has 4 N–H and O–H groups in total. The average molecular weight is 790 g/mol. The smallest absolute Gasteiger partial charge is 0.472 e. The standard InChI is InChI=1S/C42H80NO10P/c1-4-5-6-7-8-9-10-11-12-13-18-21-24-27-30-33-41(45)53-38(35-51-54(48,49)52-36-39(43)42(46)47)34-50-40(44)32-29-26-23-20-17-15-14-16-19-22-25-28-31-37(2)3/h11-12,37-39H,4-10,13-36,43H2,1-3H3,(H,46,47)(H,48,49)/b12-11-/t38-,39+/m1/s1. The normalized spacial score (nSPS) is 14.0. The summed E-state index contributed by atoms with van der Waals surface area (Å²) in [6.45, 7) is 5.12. The van der Waals surface area contributed by atoms with Gasteiger partial charge >= 0.3 is 25.7 Å². The molecule has 0 radical (unpaired) electrons. The molecule has 0 aromatic rings. The van der Waals surface area contributed by atoms with Crippen LogP contribution in [0.1, 0.15) is 201 Å². The maximum Gasteiger partial charge on any atom is 0.472 e. The van der Waals surface area contributed by atoms with Crippen molar-refractivity contribution in [1.29, 1.82) is 0 Å². The largest absolute Gasteiger partial charge is 0.480 e. The zero-order chi connectivity index (χ0) is 40.1. The van der Waals surface area contributed by atoms with Crippen molar-refractivity contribution in [3.63, 3.8) is 0 Å². The van der Waals surface area contributed by atoms with E-state index in [1.807, 2.05) is 0 Å². The fourth-order valence-corrected chi connectivity index (χ4v) is 6.79. The van der Waals surface area contributed by atoms with Crippen LogP contribution in [0.3, 0.4) is 0 Å². The van der Waals surface area contributed by atoms with Crippen LogP contribution in [-0.4, -0.2) is 59.9 Å². The molecule has 0 aromatic heterocycles. The molecule has 0 rings (SSSR count). The van der Waals surface area contributed by atoms with Crippen molar-refractivity contribution in [3.05, 3.63) is 12.2 Å². The van der Waals surface area contributed by atoms with Crippen molar-refractivity contribution < 1.29 is 47.5 Å². The topological polar surface area (TPSA) is 172 Å². The number of hydrogen-bond acceptors (Lipinski definition) is 9. The fourth-order valence-electron chi connectivity index (χ4n) is 6.01. The van der Waals surface area contributed by atoms with Gasteiger partial charge in [-0.15, -0.1) is 0 Å². The Labute approximate surface area is 328 Å². The molecule has 3 atom stereocenters. The summed E-state index contributed by atoms with van der Waals surface area (Å²) < 4.78 is 32.7. The lowest BCUT2D eigenvalue weighted by Crippen LogP contribution is -2.34. The number of aliphatic carboxylic acids is 1. The van der Waals surface area contributed by atoms with Gasteiger partial charge in [-0.1, -0.05) is 161 Å². The van der Waals surface area contributed by atoms with E-state index in [1.54, 1.807) is 0 Å². The monoisotopic (exact) mass is 790 g/mol. The number of carboxylic acids is 1. The summed E-state index contributed by atoms with van der Waals surface area (Å²) in [5, 5.41) is 8.88. The van der Waals surface area contributed by atoms with E-state index in [4.69, 9.17) is 24.8 Å². The van der Waals surface area contributed by atoms with Crippen molar-refractivity contribution in [2.24, 2.45) is 11.7 Å². The van der Waals surface area contributed by atoms with E-state index in [9.17, 15) is 23.8 Å². The number of carbonyl (C=O) groups is 3. The molecule has 0 aliphatic carbocycles. The lowest BCUT2D eigenvalue weighted by molar-refractivity contribution is -0.161. The van der Waals surface area contributed by atoms with Crippen LogP contribution in [0.4, 0.5) is 0 Å². The molecule has 0 saturated heterocycles. The Kier molecular flexibility index (Phi) is 35.6. The van der Waals surface area contributed by atoms with Crippen molar-refractivity contribution in [2.45, 2.75) is 213 Å². The van der Waals surface area contributed by atoms with Crippen molar-refractivity contribution in [2.75, 3.05) is 19.8 Å². The molecule has 12 heteroatoms. The quantitative estimate of drug-likeness (QED) is 0.0233. The number of unbranched alkanes of at least 4 members (excludes halogenated alkanes) is 22. The second kappa shape index (κ2) is 36.8. The minimum atomic E-state index is -4.71. The van der Waals surface area contributed by atoms with Gasteiger partial charge in [0.05, 0.1) is 13.2 Å². The SMILES string of the molecule is CCCCCCCC/C=C\CCCCCCCC(=O)O[C@H](COC(=O)CCCCCCCCCCCCCCC(C)C)COP(=O)(O)OC[C@H](N)C(=O)O. The van der Waals surface area contributed by atoms with Gasteiger partial charge in [-0.2, -0.15) is 0 Å². The van der Waals surface area contributed by atoms with E-state index in [0.29, 0.717) is 12.8 Å². The molecule has 0 spiro atoms. The molecule has 54 heavy (non-hydrogen) atoms. The number of allylic oxidation sites excluding steroid dienone is 2. The van der Waals surface area contributed by atoms with Gasteiger partial charge in [0.2, 0.25) is 0 Å². The number of ether oxygens (including phenoxy) is 2. The number of esters is 2. The summed E-state index contributed by atoms with van der Waals surface area (Å²) in [6, 6.07) is -1.52. The first-order valence-electron chi connectivity index (χ1n) is 21.6. The first-order chi connectivity index (χ1) is 26.0. The van der Waals surface area contributed by atoms with Gasteiger partial charge in [-0.25, -0.2) is 4.57 Å². The summed E-state index contributed by atoms with van der Waals surface area (Å²) in [7, 11) is -4.71. The molecule has 0 heterocycles. The summed E-state index contributed by atoms with van der Waals surface area (Å²) in [5.74, 6) is -1.57. The number of rotatable bonds is 40. The Bertz CT molecular complexity index is 992. The molecular formula is C42H80NO10P. The third kappa shape index (κ3) is 37.2. The minimum Gasteiger partial charge on any atom is -0.480 e. The summed E-state index contributed by atoms with van der Waals surface area (Å²) in [5.41, 5.74) is 5.33. The first kappa shape index (κ1) is 52.2. The van der Waals surface area contributed by atoms with Crippen molar-refractivity contribution >= 4 is 25.7 Å². The van der Waals surface area contributed by atoms with Gasteiger partial charge < -0.3 is 25.2 Å². The molecule has 0 amide bonds. The number of hydrogen-bond donors (Lipinski definition) is 3. The highest BCUT2D eigenvalue weighted by Gasteiger charge is 2.28. The van der Waals surface area contributed by atoms with Gasteiger partial charge in [-0.05, 0) is 44.4 Å². The zero-order valence-electron chi connectivity index (χ0n) is 34.5. The molecular weight excluding hydrogens is 709 g/mol. The van der Waals surface area contributed by atoms with Gasteiger partial charge in [0.1, 0.15) is 12.6 Å². The maximum absolute atomic E-state index is 12.6. The van der Waals surface area contributed by atoms with E-state index in [0.717, 1.165) is 63.7 Å². The lowest BCUT2D eigenvalue weighted by atomic mass is 10.0. The van der Waals surface area contributed by atoms with Crippen LogP contribution < -0.4 is 5.73 Å². The van der Waals surface area contributed by atoms with Gasteiger partial charge in [0, 0.05) is 12.8 Å². The predicted molar refractivity (Wildman–Crippen MR) is 217 cm³/mol. The van der Waals surface area contributed by atoms with Crippen LogP contribution in [0, 0.1) is 5.92 Å². The summed E-state index contributed by atoms with van der Waals surface area (Å²) >= 11 is 0. The zero-order valence-corrected chi connectivity index (χ0v) is 35.4. The van der Waals surface area contributed by atoms with Crippen LogP contribution in [0.15, 0.2) is 12.2 Å². The van der Waals surface area contributed by atoms with Gasteiger partial charge in [0.25, 0.3) is 0 Å². The van der Waals surface area contributed by atoms with Crippen molar-refractivity contribution in [3.8, 4) is 0 Å².